The average Bonchev–Trinajstić information content (AvgIpc) is 3.59. The molecule has 42 heavy (non-hydrogen) atoms. The molecule has 4 rings (SSSR count). The Labute approximate surface area is 250 Å². The number of aryl methyl sites for hydroxylation is 1. The minimum Gasteiger partial charge on any atom is -0.496 e. The normalized spacial score (nSPS) is 19.8. The molecule has 1 amide bonds. The molecule has 9 heteroatoms. The van der Waals surface area contributed by atoms with Gasteiger partial charge in [0.2, 0.25) is 12.7 Å². The lowest BCUT2D eigenvalue weighted by Gasteiger charge is -2.30. The van der Waals surface area contributed by atoms with Gasteiger partial charge in [0, 0.05) is 31.6 Å². The van der Waals surface area contributed by atoms with Crippen LogP contribution in [0.25, 0.3) is 0 Å². The lowest BCUT2D eigenvalue weighted by molar-refractivity contribution is -0.143. The van der Waals surface area contributed by atoms with Crippen LogP contribution in [-0.4, -0.2) is 98.4 Å². The van der Waals surface area contributed by atoms with Crippen molar-refractivity contribution in [3.63, 3.8) is 0 Å². The molecule has 0 aromatic heterocycles. The SMILES string of the molecule is CCCCN(CCCN(C)C)C(=O)CN1C[C@H](c2ccc3c(c2)OCO3)C(C(=O)O)[C@@H]1CCCc1ccccc1OC. The van der Waals surface area contributed by atoms with Crippen LogP contribution in [0.1, 0.15) is 56.1 Å². The molecule has 2 heterocycles. The Morgan fingerprint density at radius 2 is 1.79 bits per heavy atom. The van der Waals surface area contributed by atoms with Crippen LogP contribution < -0.4 is 14.2 Å². The first-order chi connectivity index (χ1) is 20.3. The van der Waals surface area contributed by atoms with Gasteiger partial charge in [0.15, 0.2) is 11.5 Å². The number of amides is 1. The van der Waals surface area contributed by atoms with Crippen molar-refractivity contribution in [1.29, 1.82) is 0 Å². The van der Waals surface area contributed by atoms with Gasteiger partial charge in [0.05, 0.1) is 19.6 Å². The second-order valence-corrected chi connectivity index (χ2v) is 11.7. The lowest BCUT2D eigenvalue weighted by Crippen LogP contribution is -2.45. The van der Waals surface area contributed by atoms with Crippen LogP contribution in [0.3, 0.4) is 0 Å². The van der Waals surface area contributed by atoms with Crippen molar-refractivity contribution in [3.8, 4) is 17.2 Å². The van der Waals surface area contributed by atoms with E-state index in [4.69, 9.17) is 14.2 Å². The molecule has 2 aliphatic rings. The Morgan fingerprint density at radius 3 is 2.52 bits per heavy atom. The Hall–Kier alpha value is -3.30. The van der Waals surface area contributed by atoms with E-state index in [0.29, 0.717) is 31.0 Å². The molecule has 1 fully saturated rings. The molecular weight excluding hydrogens is 534 g/mol. The number of carbonyl (C=O) groups is 2. The number of para-hydroxylation sites is 1. The van der Waals surface area contributed by atoms with E-state index in [1.807, 2.05) is 55.4 Å². The summed E-state index contributed by atoms with van der Waals surface area (Å²) in [6.07, 6.45) is 5.10. The number of carboxylic acid groups (broad SMARTS) is 1. The molecule has 2 aromatic carbocycles. The summed E-state index contributed by atoms with van der Waals surface area (Å²) in [6, 6.07) is 13.4. The topological polar surface area (TPSA) is 91.8 Å². The van der Waals surface area contributed by atoms with Gasteiger partial charge in [-0.1, -0.05) is 37.6 Å². The average molecular weight is 582 g/mol. The number of unbranched alkanes of at least 4 members (excludes halogenated alkanes) is 1. The highest BCUT2D eigenvalue weighted by Crippen LogP contribution is 2.43. The first-order valence-electron chi connectivity index (χ1n) is 15.2. The van der Waals surface area contributed by atoms with Gasteiger partial charge in [-0.2, -0.15) is 0 Å². The molecule has 0 radical (unpaired) electrons. The van der Waals surface area contributed by atoms with Gasteiger partial charge in [-0.25, -0.2) is 0 Å². The quantitative estimate of drug-likeness (QED) is 0.310. The number of methoxy groups -OCH3 is 1. The standard InChI is InChI=1S/C33H47N3O6/c1-5-6-18-35(19-10-17-34(2)3)31(37)22-36-21-26(25-15-16-29-30(20-25)42-23-41-29)32(33(38)39)27(36)13-9-12-24-11-7-8-14-28(24)40-4/h7-8,11,14-16,20,26-27,32H,5-6,9-10,12-13,17-19,21-23H2,1-4H3,(H,38,39)/t26-,27+,32?/m1/s1. The van der Waals surface area contributed by atoms with Crippen molar-refractivity contribution in [2.24, 2.45) is 5.92 Å². The van der Waals surface area contributed by atoms with Crippen LogP contribution in [0.15, 0.2) is 42.5 Å². The fourth-order valence-electron chi connectivity index (χ4n) is 6.31. The van der Waals surface area contributed by atoms with Crippen molar-refractivity contribution >= 4 is 11.9 Å². The van der Waals surface area contributed by atoms with E-state index in [2.05, 4.69) is 22.8 Å². The number of aliphatic carboxylic acids is 1. The van der Waals surface area contributed by atoms with Gasteiger partial charge < -0.3 is 29.1 Å². The Morgan fingerprint density at radius 1 is 1.02 bits per heavy atom. The zero-order valence-electron chi connectivity index (χ0n) is 25.6. The largest absolute Gasteiger partial charge is 0.496 e. The van der Waals surface area contributed by atoms with Crippen molar-refractivity contribution in [1.82, 2.24) is 14.7 Å². The van der Waals surface area contributed by atoms with Crippen LogP contribution in [-0.2, 0) is 16.0 Å². The predicted molar refractivity (Wildman–Crippen MR) is 162 cm³/mol. The first-order valence-corrected chi connectivity index (χ1v) is 15.2. The molecule has 9 nitrogen and oxygen atoms in total. The third kappa shape index (κ3) is 7.95. The van der Waals surface area contributed by atoms with Gasteiger partial charge in [0.25, 0.3) is 0 Å². The Balaban J connectivity index is 1.56. The molecule has 2 aliphatic heterocycles. The van der Waals surface area contributed by atoms with E-state index in [9.17, 15) is 14.7 Å². The highest BCUT2D eigenvalue weighted by molar-refractivity contribution is 5.79. The first kappa shape index (κ1) is 31.6. The van der Waals surface area contributed by atoms with Gasteiger partial charge in [-0.3, -0.25) is 14.5 Å². The fraction of sp³-hybridized carbons (Fsp3) is 0.576. The molecule has 1 saturated heterocycles. The summed E-state index contributed by atoms with van der Waals surface area (Å²) in [7, 11) is 5.75. The second-order valence-electron chi connectivity index (χ2n) is 11.7. The molecule has 1 N–H and O–H groups in total. The number of nitrogens with zero attached hydrogens (tertiary/aromatic N) is 3. The number of hydrogen-bond acceptors (Lipinski definition) is 7. The fourth-order valence-corrected chi connectivity index (χ4v) is 6.31. The van der Waals surface area contributed by atoms with Crippen LogP contribution in [0.5, 0.6) is 17.2 Å². The van der Waals surface area contributed by atoms with E-state index < -0.39 is 11.9 Å². The number of carboxylic acids is 1. The molecule has 0 saturated carbocycles. The van der Waals surface area contributed by atoms with Crippen molar-refractivity contribution in [2.75, 3.05) is 60.7 Å². The monoisotopic (exact) mass is 581 g/mol. The van der Waals surface area contributed by atoms with Crippen molar-refractivity contribution < 1.29 is 28.9 Å². The van der Waals surface area contributed by atoms with Crippen molar-refractivity contribution in [2.45, 2.75) is 57.4 Å². The summed E-state index contributed by atoms with van der Waals surface area (Å²) < 4.78 is 16.6. The number of hydrogen-bond donors (Lipinski definition) is 1. The van der Waals surface area contributed by atoms with Crippen LogP contribution in [0.2, 0.25) is 0 Å². The number of rotatable bonds is 16. The maximum atomic E-state index is 13.7. The summed E-state index contributed by atoms with van der Waals surface area (Å²) in [6.45, 7) is 5.36. The van der Waals surface area contributed by atoms with Gasteiger partial charge in [0.1, 0.15) is 5.75 Å². The summed E-state index contributed by atoms with van der Waals surface area (Å²) in [5, 5.41) is 10.6. The maximum absolute atomic E-state index is 13.7. The van der Waals surface area contributed by atoms with E-state index in [-0.39, 0.29) is 31.2 Å². The van der Waals surface area contributed by atoms with E-state index in [0.717, 1.165) is 62.1 Å². The van der Waals surface area contributed by atoms with E-state index in [1.165, 1.54) is 0 Å². The second kappa shape index (κ2) is 15.3. The molecule has 0 aliphatic carbocycles. The molecule has 2 aromatic rings. The van der Waals surface area contributed by atoms with Crippen LogP contribution >= 0.6 is 0 Å². The number of carbonyl (C=O) groups excluding carboxylic acids is 1. The lowest BCUT2D eigenvalue weighted by atomic mass is 9.83. The molecular formula is C33H47N3O6. The van der Waals surface area contributed by atoms with Crippen molar-refractivity contribution in [3.05, 3.63) is 53.6 Å². The third-order valence-corrected chi connectivity index (χ3v) is 8.50. The molecule has 0 spiro atoms. The molecule has 230 valence electrons. The summed E-state index contributed by atoms with van der Waals surface area (Å²) in [5.41, 5.74) is 2.01. The van der Waals surface area contributed by atoms with Crippen LogP contribution in [0, 0.1) is 5.92 Å². The number of likely N-dealkylation sites (tertiary alicyclic amines) is 1. The molecule has 0 bridgehead atoms. The van der Waals surface area contributed by atoms with Gasteiger partial charge in [-0.15, -0.1) is 0 Å². The smallest absolute Gasteiger partial charge is 0.308 e. The highest BCUT2D eigenvalue weighted by Gasteiger charge is 2.47. The van der Waals surface area contributed by atoms with Gasteiger partial charge >= 0.3 is 5.97 Å². The third-order valence-electron chi connectivity index (χ3n) is 8.50. The minimum absolute atomic E-state index is 0.0763. The summed E-state index contributed by atoms with van der Waals surface area (Å²) >= 11 is 0. The maximum Gasteiger partial charge on any atom is 0.308 e. The predicted octanol–water partition coefficient (Wildman–Crippen LogP) is 4.50. The zero-order chi connectivity index (χ0) is 30.1. The molecule has 1 unspecified atom stereocenters. The van der Waals surface area contributed by atoms with E-state index >= 15 is 0 Å². The van der Waals surface area contributed by atoms with Gasteiger partial charge in [-0.05, 0) is 82.1 Å². The Bertz CT molecular complexity index is 1190. The summed E-state index contributed by atoms with van der Waals surface area (Å²) in [5.74, 6) is 0.496. The molecule has 3 atom stereocenters. The Kier molecular flexibility index (Phi) is 11.5. The number of fused-ring (bicyclic) bond motifs is 1. The minimum atomic E-state index is -0.830. The highest BCUT2D eigenvalue weighted by atomic mass is 16.7. The number of benzene rings is 2. The summed E-state index contributed by atoms with van der Waals surface area (Å²) in [4.78, 5) is 32.9. The zero-order valence-corrected chi connectivity index (χ0v) is 25.6. The van der Waals surface area contributed by atoms with Crippen LogP contribution in [0.4, 0.5) is 0 Å². The van der Waals surface area contributed by atoms with E-state index in [1.54, 1.807) is 7.11 Å². The number of ether oxygens (including phenoxy) is 3.